The van der Waals surface area contributed by atoms with Crippen LogP contribution in [0, 0.1) is 0 Å². The zero-order chi connectivity index (χ0) is 25.4. The van der Waals surface area contributed by atoms with Crippen LogP contribution in [0.5, 0.6) is 0 Å². The van der Waals surface area contributed by atoms with Crippen molar-refractivity contribution in [3.63, 3.8) is 0 Å². The zero-order valence-corrected chi connectivity index (χ0v) is 20.7. The van der Waals surface area contributed by atoms with E-state index < -0.39 is 24.0 Å². The normalized spacial score (nSPS) is 12.5. The first-order valence-electron chi connectivity index (χ1n) is 11.1. The lowest BCUT2D eigenvalue weighted by Crippen LogP contribution is -2.43. The number of hydrogen-bond donors (Lipinski definition) is 2. The van der Waals surface area contributed by atoms with Crippen LogP contribution in [0.1, 0.15) is 35.7 Å². The number of rotatable bonds is 10. The molecule has 0 bridgehead atoms. The van der Waals surface area contributed by atoms with Crippen LogP contribution in [-0.2, 0) is 20.9 Å². The van der Waals surface area contributed by atoms with Crippen LogP contribution in [0.25, 0.3) is 11.1 Å². The molecule has 0 radical (unpaired) electrons. The second kappa shape index (κ2) is 12.5. The van der Waals surface area contributed by atoms with Crippen molar-refractivity contribution in [1.82, 2.24) is 5.32 Å². The Labute approximate surface area is 214 Å². The van der Waals surface area contributed by atoms with Crippen molar-refractivity contribution < 1.29 is 19.1 Å². The zero-order valence-electron chi connectivity index (χ0n) is 19.2. The summed E-state index contributed by atoms with van der Waals surface area (Å²) < 4.78 is 5.40. The van der Waals surface area contributed by atoms with Crippen molar-refractivity contribution >= 4 is 40.9 Å². The van der Waals surface area contributed by atoms with Gasteiger partial charge in [-0.2, -0.15) is 0 Å². The molecule has 6 nitrogen and oxygen atoms in total. The van der Waals surface area contributed by atoms with Gasteiger partial charge in [-0.25, -0.2) is 4.79 Å². The number of carbonyl (C=O) groups excluding carboxylic acids is 3. The van der Waals surface area contributed by atoms with Crippen LogP contribution >= 0.6 is 23.2 Å². The van der Waals surface area contributed by atoms with Gasteiger partial charge in [-0.05, 0) is 42.2 Å². The Morgan fingerprint density at radius 3 is 2.06 bits per heavy atom. The topological polar surface area (TPSA) is 98.5 Å². The summed E-state index contributed by atoms with van der Waals surface area (Å²) in [7, 11) is 0. The predicted molar refractivity (Wildman–Crippen MR) is 137 cm³/mol. The van der Waals surface area contributed by atoms with Crippen molar-refractivity contribution in [2.75, 3.05) is 0 Å². The fourth-order valence-corrected chi connectivity index (χ4v) is 4.07. The second-order valence-corrected chi connectivity index (χ2v) is 8.91. The molecule has 3 aromatic carbocycles. The molecule has 3 N–H and O–H groups in total. The summed E-state index contributed by atoms with van der Waals surface area (Å²) in [6.07, 6.45) is 0.0224. The van der Waals surface area contributed by atoms with Gasteiger partial charge in [0.15, 0.2) is 0 Å². The fraction of sp³-hybridized carbons (Fsp3) is 0.222. The minimum Gasteiger partial charge on any atom is -0.459 e. The standard InChI is InChI=1S/C27H26Cl2N2O4/c1-17(30)24(32)13-12-23(27(34)35-16-18-8-4-2-5-9-18)31-26(33)25-21(28)14-20(15-22(25)29)19-10-6-3-7-11-19/h2-11,14-15,17,23H,12-13,16,30H2,1H3,(H,31,33)/t17-,23-/m0/s1. The first kappa shape index (κ1) is 26.4. The van der Waals surface area contributed by atoms with E-state index in [0.717, 1.165) is 16.7 Å². The minimum atomic E-state index is -1.09. The molecule has 3 aromatic rings. The minimum absolute atomic E-state index is 0.00252. The molecule has 0 aliphatic heterocycles. The third-order valence-corrected chi connectivity index (χ3v) is 5.97. The molecular weight excluding hydrogens is 487 g/mol. The van der Waals surface area contributed by atoms with Crippen LogP contribution < -0.4 is 11.1 Å². The highest BCUT2D eigenvalue weighted by atomic mass is 35.5. The van der Waals surface area contributed by atoms with Gasteiger partial charge in [0.25, 0.3) is 5.91 Å². The lowest BCUT2D eigenvalue weighted by atomic mass is 10.0. The van der Waals surface area contributed by atoms with Crippen molar-refractivity contribution in [2.45, 2.75) is 38.5 Å². The molecule has 0 aliphatic carbocycles. The first-order chi connectivity index (χ1) is 16.8. The molecule has 8 heteroatoms. The maximum Gasteiger partial charge on any atom is 0.328 e. The number of amides is 1. The van der Waals surface area contributed by atoms with Gasteiger partial charge in [-0.15, -0.1) is 0 Å². The number of halogens is 2. The Kier molecular flexibility index (Phi) is 9.43. The van der Waals surface area contributed by atoms with Crippen LogP contribution in [-0.4, -0.2) is 29.7 Å². The lowest BCUT2D eigenvalue weighted by molar-refractivity contribution is -0.147. The monoisotopic (exact) mass is 512 g/mol. The highest BCUT2D eigenvalue weighted by molar-refractivity contribution is 6.40. The smallest absolute Gasteiger partial charge is 0.328 e. The van der Waals surface area contributed by atoms with Gasteiger partial charge in [0.05, 0.1) is 21.7 Å². The number of ether oxygens (including phenoxy) is 1. The van der Waals surface area contributed by atoms with Gasteiger partial charge >= 0.3 is 5.97 Å². The van der Waals surface area contributed by atoms with Crippen molar-refractivity contribution in [1.29, 1.82) is 0 Å². The molecule has 0 fully saturated rings. The summed E-state index contributed by atoms with van der Waals surface area (Å²) >= 11 is 12.8. The quantitative estimate of drug-likeness (QED) is 0.363. The van der Waals surface area contributed by atoms with Crippen LogP contribution in [0.15, 0.2) is 72.8 Å². The molecule has 3 rings (SSSR count). The molecule has 1 amide bonds. The van der Waals surface area contributed by atoms with Gasteiger partial charge in [-0.3, -0.25) is 9.59 Å². The molecule has 2 atom stereocenters. The Balaban J connectivity index is 1.78. The number of Topliss-reactive ketones (excluding diaryl/α,β-unsaturated/α-hetero) is 1. The second-order valence-electron chi connectivity index (χ2n) is 8.09. The summed E-state index contributed by atoms with van der Waals surface area (Å²) in [5.41, 5.74) is 8.10. The first-order valence-corrected chi connectivity index (χ1v) is 11.9. The third-order valence-electron chi connectivity index (χ3n) is 5.38. The summed E-state index contributed by atoms with van der Waals surface area (Å²) in [6.45, 7) is 1.60. The molecular formula is C27H26Cl2N2O4. The largest absolute Gasteiger partial charge is 0.459 e. The summed E-state index contributed by atoms with van der Waals surface area (Å²) in [4.78, 5) is 38.0. The Bertz CT molecular complexity index is 1160. The van der Waals surface area contributed by atoms with Gasteiger partial charge in [0.1, 0.15) is 18.4 Å². The summed E-state index contributed by atoms with van der Waals surface area (Å²) in [5, 5.41) is 2.90. The average Bonchev–Trinajstić information content (AvgIpc) is 2.85. The third kappa shape index (κ3) is 7.39. The van der Waals surface area contributed by atoms with E-state index in [0.29, 0.717) is 0 Å². The fourth-order valence-electron chi connectivity index (χ4n) is 3.41. The molecule has 35 heavy (non-hydrogen) atoms. The summed E-state index contributed by atoms with van der Waals surface area (Å²) in [5.74, 6) is -1.55. The highest BCUT2D eigenvalue weighted by Crippen LogP contribution is 2.32. The molecule has 0 aliphatic rings. The van der Waals surface area contributed by atoms with E-state index in [1.165, 1.54) is 0 Å². The van der Waals surface area contributed by atoms with Crippen molar-refractivity contribution in [3.05, 3.63) is 94.0 Å². The SMILES string of the molecule is C[C@H](N)C(=O)CC[C@H](NC(=O)c1c(Cl)cc(-c2ccccc2)cc1Cl)C(=O)OCc1ccccc1. The maximum absolute atomic E-state index is 13.1. The number of esters is 1. The van der Waals surface area contributed by atoms with E-state index in [4.69, 9.17) is 33.7 Å². The number of carbonyl (C=O) groups is 3. The van der Waals surface area contributed by atoms with E-state index in [1.807, 2.05) is 60.7 Å². The van der Waals surface area contributed by atoms with Gasteiger partial charge in [0, 0.05) is 6.42 Å². The summed E-state index contributed by atoms with van der Waals surface area (Å²) in [6, 6.07) is 20.1. The van der Waals surface area contributed by atoms with E-state index in [9.17, 15) is 14.4 Å². The van der Waals surface area contributed by atoms with E-state index in [2.05, 4.69) is 5.32 Å². The number of benzene rings is 3. The molecule has 0 unspecified atom stereocenters. The number of nitrogens with one attached hydrogen (secondary N) is 1. The van der Waals surface area contributed by atoms with Crippen molar-refractivity contribution in [2.24, 2.45) is 5.73 Å². The molecule has 0 spiro atoms. The maximum atomic E-state index is 13.1. The van der Waals surface area contributed by atoms with Crippen LogP contribution in [0.4, 0.5) is 0 Å². The van der Waals surface area contributed by atoms with Crippen molar-refractivity contribution in [3.8, 4) is 11.1 Å². The lowest BCUT2D eigenvalue weighted by Gasteiger charge is -2.19. The molecule has 0 saturated heterocycles. The van der Waals surface area contributed by atoms with Gasteiger partial charge < -0.3 is 15.8 Å². The molecule has 0 aromatic heterocycles. The number of hydrogen-bond acceptors (Lipinski definition) is 5. The van der Waals surface area contributed by atoms with Crippen LogP contribution in [0.3, 0.4) is 0 Å². The molecule has 0 heterocycles. The average molecular weight is 513 g/mol. The van der Waals surface area contributed by atoms with E-state index in [1.54, 1.807) is 19.1 Å². The Morgan fingerprint density at radius 2 is 1.49 bits per heavy atom. The number of nitrogens with two attached hydrogens (primary N) is 1. The number of ketones is 1. The van der Waals surface area contributed by atoms with Gasteiger partial charge in [0.2, 0.25) is 0 Å². The predicted octanol–water partition coefficient (Wildman–Crippen LogP) is 5.20. The molecule has 182 valence electrons. The Morgan fingerprint density at radius 1 is 0.914 bits per heavy atom. The van der Waals surface area contributed by atoms with Crippen LogP contribution in [0.2, 0.25) is 10.0 Å². The van der Waals surface area contributed by atoms with Gasteiger partial charge in [-0.1, -0.05) is 83.9 Å². The van der Waals surface area contributed by atoms with E-state index in [-0.39, 0.29) is 40.8 Å². The highest BCUT2D eigenvalue weighted by Gasteiger charge is 2.27. The molecule has 0 saturated carbocycles. The Hall–Kier alpha value is -3.19. The van der Waals surface area contributed by atoms with E-state index >= 15 is 0 Å².